The molecule has 0 aliphatic rings. The summed E-state index contributed by atoms with van der Waals surface area (Å²) in [7, 11) is 4.11. The molecule has 1 aromatic carbocycles. The van der Waals surface area contributed by atoms with E-state index in [1.807, 2.05) is 24.3 Å². The van der Waals surface area contributed by atoms with Gasteiger partial charge in [0.05, 0.1) is 5.69 Å². The quantitative estimate of drug-likeness (QED) is 0.785. The predicted octanol–water partition coefficient (Wildman–Crippen LogP) is 2.94. The Bertz CT molecular complexity index is 569. The van der Waals surface area contributed by atoms with Crippen LogP contribution in [0.5, 0.6) is 0 Å². The maximum atomic E-state index is 4.63. The smallest absolute Gasteiger partial charge is 0.225 e. The first-order valence-electron chi connectivity index (χ1n) is 7.76. The van der Waals surface area contributed by atoms with E-state index in [-0.39, 0.29) is 0 Å². The number of likely N-dealkylation sites (N-methyl/N-ethyl adjacent to an activating group) is 1. The maximum Gasteiger partial charge on any atom is 0.225 e. The number of hydrogen-bond acceptors (Lipinski definition) is 5. The van der Waals surface area contributed by atoms with E-state index in [1.54, 1.807) is 0 Å². The Morgan fingerprint density at radius 3 is 2.45 bits per heavy atom. The standard InChI is InChI=1S/C17H25N5/c1-4-10-18-16-13-15(14-8-6-5-7-9-14)20-17(21-16)19-11-12-22(2)3/h5-9,13H,4,10-12H2,1-3H3,(H2,18,19,20,21). The van der Waals surface area contributed by atoms with Crippen LogP contribution < -0.4 is 10.6 Å². The van der Waals surface area contributed by atoms with Crippen LogP contribution in [-0.4, -0.2) is 48.6 Å². The van der Waals surface area contributed by atoms with Gasteiger partial charge in [-0.05, 0) is 20.5 Å². The van der Waals surface area contributed by atoms with Crippen molar-refractivity contribution in [1.82, 2.24) is 14.9 Å². The number of rotatable bonds is 8. The first kappa shape index (κ1) is 16.2. The summed E-state index contributed by atoms with van der Waals surface area (Å²) in [5.74, 6) is 1.53. The SMILES string of the molecule is CCCNc1cc(-c2ccccc2)nc(NCCN(C)C)n1. The Labute approximate surface area is 132 Å². The number of nitrogens with one attached hydrogen (secondary N) is 2. The molecule has 1 aromatic heterocycles. The summed E-state index contributed by atoms with van der Waals surface area (Å²) in [4.78, 5) is 11.3. The highest BCUT2D eigenvalue weighted by molar-refractivity contribution is 5.64. The van der Waals surface area contributed by atoms with E-state index in [0.717, 1.165) is 43.1 Å². The third-order valence-electron chi connectivity index (χ3n) is 3.19. The third-order valence-corrected chi connectivity index (χ3v) is 3.19. The normalized spacial score (nSPS) is 10.7. The molecular formula is C17H25N5. The van der Waals surface area contributed by atoms with Gasteiger partial charge in [-0.15, -0.1) is 0 Å². The fourth-order valence-corrected chi connectivity index (χ4v) is 2.02. The van der Waals surface area contributed by atoms with Gasteiger partial charge < -0.3 is 15.5 Å². The molecule has 0 unspecified atom stereocenters. The maximum absolute atomic E-state index is 4.63. The van der Waals surface area contributed by atoms with E-state index in [0.29, 0.717) is 5.95 Å². The Morgan fingerprint density at radius 1 is 1.00 bits per heavy atom. The fourth-order valence-electron chi connectivity index (χ4n) is 2.02. The Kier molecular flexibility index (Phi) is 6.15. The number of aromatic nitrogens is 2. The van der Waals surface area contributed by atoms with E-state index < -0.39 is 0 Å². The summed E-state index contributed by atoms with van der Waals surface area (Å²) in [6, 6.07) is 12.2. The molecule has 0 fully saturated rings. The molecule has 2 aromatic rings. The Balaban J connectivity index is 2.20. The summed E-state index contributed by atoms with van der Waals surface area (Å²) < 4.78 is 0. The molecule has 0 saturated carbocycles. The van der Waals surface area contributed by atoms with Crippen molar-refractivity contribution in [1.29, 1.82) is 0 Å². The molecule has 0 saturated heterocycles. The van der Waals surface area contributed by atoms with Crippen molar-refractivity contribution in [2.75, 3.05) is 44.4 Å². The Hall–Kier alpha value is -2.14. The molecule has 1 heterocycles. The number of anilines is 2. The largest absolute Gasteiger partial charge is 0.370 e. The van der Waals surface area contributed by atoms with Crippen LogP contribution in [0.2, 0.25) is 0 Å². The average Bonchev–Trinajstić information content (AvgIpc) is 2.53. The van der Waals surface area contributed by atoms with Gasteiger partial charge in [-0.1, -0.05) is 37.3 Å². The summed E-state index contributed by atoms with van der Waals surface area (Å²) in [6.45, 7) is 4.81. The van der Waals surface area contributed by atoms with Gasteiger partial charge in [0.1, 0.15) is 5.82 Å². The monoisotopic (exact) mass is 299 g/mol. The minimum absolute atomic E-state index is 0.668. The van der Waals surface area contributed by atoms with Gasteiger partial charge >= 0.3 is 0 Å². The molecule has 0 amide bonds. The Morgan fingerprint density at radius 2 is 1.77 bits per heavy atom. The van der Waals surface area contributed by atoms with Gasteiger partial charge in [0.15, 0.2) is 0 Å². The molecule has 2 N–H and O–H groups in total. The minimum atomic E-state index is 0.668. The number of benzene rings is 1. The van der Waals surface area contributed by atoms with E-state index in [4.69, 9.17) is 0 Å². The van der Waals surface area contributed by atoms with Crippen LogP contribution in [-0.2, 0) is 0 Å². The van der Waals surface area contributed by atoms with Crippen LogP contribution in [0.1, 0.15) is 13.3 Å². The van der Waals surface area contributed by atoms with Crippen LogP contribution in [0.25, 0.3) is 11.3 Å². The van der Waals surface area contributed by atoms with E-state index in [1.165, 1.54) is 0 Å². The summed E-state index contributed by atoms with van der Waals surface area (Å²) in [5.41, 5.74) is 2.03. The summed E-state index contributed by atoms with van der Waals surface area (Å²) in [6.07, 6.45) is 1.06. The molecule has 0 spiro atoms. The van der Waals surface area contributed by atoms with Crippen LogP contribution in [0, 0.1) is 0 Å². The zero-order chi connectivity index (χ0) is 15.8. The summed E-state index contributed by atoms with van der Waals surface area (Å²) in [5, 5.41) is 6.64. The minimum Gasteiger partial charge on any atom is -0.370 e. The molecule has 2 rings (SSSR count). The van der Waals surface area contributed by atoms with Crippen molar-refractivity contribution in [3.8, 4) is 11.3 Å². The molecule has 0 atom stereocenters. The van der Waals surface area contributed by atoms with E-state index in [9.17, 15) is 0 Å². The zero-order valence-corrected chi connectivity index (χ0v) is 13.6. The third kappa shape index (κ3) is 5.00. The fraction of sp³-hybridized carbons (Fsp3) is 0.412. The van der Waals surface area contributed by atoms with Crippen molar-refractivity contribution in [2.24, 2.45) is 0 Å². The molecule has 0 bridgehead atoms. The molecule has 0 radical (unpaired) electrons. The lowest BCUT2D eigenvalue weighted by Crippen LogP contribution is -2.21. The van der Waals surface area contributed by atoms with E-state index >= 15 is 0 Å². The second-order valence-electron chi connectivity index (χ2n) is 5.48. The van der Waals surface area contributed by atoms with Crippen molar-refractivity contribution in [3.05, 3.63) is 36.4 Å². The van der Waals surface area contributed by atoms with E-state index in [2.05, 4.69) is 58.7 Å². The van der Waals surface area contributed by atoms with Gasteiger partial charge in [0.2, 0.25) is 5.95 Å². The van der Waals surface area contributed by atoms with Crippen molar-refractivity contribution >= 4 is 11.8 Å². The molecule has 0 aliphatic heterocycles. The number of nitrogens with zero attached hydrogens (tertiary/aromatic N) is 3. The summed E-state index contributed by atoms with van der Waals surface area (Å²) >= 11 is 0. The lowest BCUT2D eigenvalue weighted by Gasteiger charge is -2.13. The molecule has 5 heteroatoms. The van der Waals surface area contributed by atoms with Gasteiger partial charge in [0, 0.05) is 31.3 Å². The molecule has 5 nitrogen and oxygen atoms in total. The molecular weight excluding hydrogens is 274 g/mol. The van der Waals surface area contributed by atoms with Gasteiger partial charge in [-0.3, -0.25) is 0 Å². The topological polar surface area (TPSA) is 53.1 Å². The second-order valence-corrected chi connectivity index (χ2v) is 5.48. The molecule has 22 heavy (non-hydrogen) atoms. The first-order valence-corrected chi connectivity index (χ1v) is 7.76. The predicted molar refractivity (Wildman–Crippen MR) is 93.3 cm³/mol. The van der Waals surface area contributed by atoms with Crippen molar-refractivity contribution in [3.63, 3.8) is 0 Å². The van der Waals surface area contributed by atoms with Gasteiger partial charge in [-0.2, -0.15) is 4.98 Å². The highest BCUT2D eigenvalue weighted by atomic mass is 15.2. The van der Waals surface area contributed by atoms with Gasteiger partial charge in [-0.25, -0.2) is 4.98 Å². The highest BCUT2D eigenvalue weighted by Gasteiger charge is 2.06. The van der Waals surface area contributed by atoms with Crippen LogP contribution >= 0.6 is 0 Å². The first-order chi connectivity index (χ1) is 10.7. The lowest BCUT2D eigenvalue weighted by molar-refractivity contribution is 0.425. The van der Waals surface area contributed by atoms with Crippen LogP contribution in [0.4, 0.5) is 11.8 Å². The van der Waals surface area contributed by atoms with Crippen LogP contribution in [0.3, 0.4) is 0 Å². The van der Waals surface area contributed by atoms with Gasteiger partial charge in [0.25, 0.3) is 0 Å². The molecule has 118 valence electrons. The van der Waals surface area contributed by atoms with Crippen molar-refractivity contribution in [2.45, 2.75) is 13.3 Å². The zero-order valence-electron chi connectivity index (χ0n) is 13.6. The highest BCUT2D eigenvalue weighted by Crippen LogP contribution is 2.21. The van der Waals surface area contributed by atoms with Crippen LogP contribution in [0.15, 0.2) is 36.4 Å². The molecule has 0 aliphatic carbocycles. The number of hydrogen-bond donors (Lipinski definition) is 2. The average molecular weight is 299 g/mol. The lowest BCUT2D eigenvalue weighted by atomic mass is 10.1. The second kappa shape index (κ2) is 8.34. The van der Waals surface area contributed by atoms with Crippen molar-refractivity contribution < 1.29 is 0 Å².